The van der Waals surface area contributed by atoms with E-state index >= 15 is 0 Å². The minimum Gasteiger partial charge on any atom is -0.399 e. The summed E-state index contributed by atoms with van der Waals surface area (Å²) in [6.07, 6.45) is 0. The van der Waals surface area contributed by atoms with Crippen LogP contribution in [0.3, 0.4) is 0 Å². The Labute approximate surface area is 127 Å². The van der Waals surface area contributed by atoms with Crippen LogP contribution in [0.1, 0.15) is 31.5 Å². The lowest BCUT2D eigenvalue weighted by molar-refractivity contribution is 0.572. The molecule has 19 heavy (non-hydrogen) atoms. The second-order valence-corrected chi connectivity index (χ2v) is 7.72. The molecule has 5 heteroatoms. The maximum absolute atomic E-state index is 6.15. The lowest BCUT2D eigenvalue weighted by Gasteiger charge is -2.14. The Balaban J connectivity index is 2.06. The first-order valence-corrected chi connectivity index (χ1v) is 8.23. The van der Waals surface area contributed by atoms with E-state index in [0.29, 0.717) is 0 Å². The standard InChI is InChI=1S/C14H17ClN2S2/c1-14(2,3)12-7-19-13(17-12)8-18-11-6-9(16)4-5-10(11)15/h4-7H,8,16H2,1-3H3. The number of thiazole rings is 1. The smallest absolute Gasteiger partial charge is 0.103 e. The van der Waals surface area contributed by atoms with E-state index in [1.54, 1.807) is 23.1 Å². The van der Waals surface area contributed by atoms with Crippen LogP contribution in [-0.2, 0) is 11.2 Å². The number of nitrogens with two attached hydrogens (primary N) is 1. The Hall–Kier alpha value is -0.710. The molecule has 2 nitrogen and oxygen atoms in total. The van der Waals surface area contributed by atoms with Crippen LogP contribution >= 0.6 is 34.7 Å². The van der Waals surface area contributed by atoms with Crippen molar-refractivity contribution in [1.82, 2.24) is 4.98 Å². The summed E-state index contributed by atoms with van der Waals surface area (Å²) >= 11 is 9.52. The molecule has 1 heterocycles. The molecule has 0 unspecified atom stereocenters. The summed E-state index contributed by atoms with van der Waals surface area (Å²) in [6.45, 7) is 6.52. The normalized spacial score (nSPS) is 11.8. The maximum atomic E-state index is 6.15. The van der Waals surface area contributed by atoms with Gasteiger partial charge in [0.15, 0.2) is 0 Å². The number of hydrogen-bond donors (Lipinski definition) is 1. The summed E-state index contributed by atoms with van der Waals surface area (Å²) in [5, 5.41) is 4.00. The zero-order valence-corrected chi connectivity index (χ0v) is 13.6. The van der Waals surface area contributed by atoms with E-state index in [1.165, 1.54) is 0 Å². The van der Waals surface area contributed by atoms with Crippen LogP contribution in [0.5, 0.6) is 0 Å². The molecule has 0 aliphatic rings. The van der Waals surface area contributed by atoms with Crippen molar-refractivity contribution in [3.63, 3.8) is 0 Å². The van der Waals surface area contributed by atoms with E-state index in [-0.39, 0.29) is 5.41 Å². The summed E-state index contributed by atoms with van der Waals surface area (Å²) in [6, 6.07) is 5.56. The average molecular weight is 313 g/mol. The Kier molecular flexibility index (Phi) is 4.43. The number of nitrogens with zero attached hydrogens (tertiary/aromatic N) is 1. The molecule has 0 spiro atoms. The van der Waals surface area contributed by atoms with Gasteiger partial charge in [-0.1, -0.05) is 32.4 Å². The Morgan fingerprint density at radius 3 is 2.74 bits per heavy atom. The van der Waals surface area contributed by atoms with E-state index in [1.807, 2.05) is 18.2 Å². The molecular weight excluding hydrogens is 296 g/mol. The molecule has 0 saturated heterocycles. The van der Waals surface area contributed by atoms with Crippen LogP contribution in [0.25, 0.3) is 0 Å². The molecule has 2 rings (SSSR count). The van der Waals surface area contributed by atoms with Crippen LogP contribution in [0, 0.1) is 0 Å². The average Bonchev–Trinajstić information content (AvgIpc) is 2.79. The number of halogens is 1. The van der Waals surface area contributed by atoms with Crippen molar-refractivity contribution in [2.75, 3.05) is 5.73 Å². The number of hydrogen-bond acceptors (Lipinski definition) is 4. The number of benzene rings is 1. The van der Waals surface area contributed by atoms with Crippen molar-refractivity contribution in [3.05, 3.63) is 39.3 Å². The predicted molar refractivity (Wildman–Crippen MR) is 86.2 cm³/mol. The summed E-state index contributed by atoms with van der Waals surface area (Å²) in [4.78, 5) is 5.68. The van der Waals surface area contributed by atoms with Gasteiger partial charge >= 0.3 is 0 Å². The lowest BCUT2D eigenvalue weighted by Crippen LogP contribution is -2.11. The van der Waals surface area contributed by atoms with Gasteiger partial charge in [-0.15, -0.1) is 23.1 Å². The van der Waals surface area contributed by atoms with E-state index in [4.69, 9.17) is 17.3 Å². The second kappa shape index (κ2) is 5.73. The minimum atomic E-state index is 0.105. The van der Waals surface area contributed by atoms with Gasteiger partial charge in [0.05, 0.1) is 16.5 Å². The van der Waals surface area contributed by atoms with Gasteiger partial charge in [-0.25, -0.2) is 4.98 Å². The molecule has 0 radical (unpaired) electrons. The lowest BCUT2D eigenvalue weighted by atomic mass is 9.93. The highest BCUT2D eigenvalue weighted by atomic mass is 35.5. The first-order valence-electron chi connectivity index (χ1n) is 5.99. The van der Waals surface area contributed by atoms with E-state index in [9.17, 15) is 0 Å². The van der Waals surface area contributed by atoms with Gasteiger partial charge in [-0.3, -0.25) is 0 Å². The Bertz CT molecular complexity index is 573. The van der Waals surface area contributed by atoms with Crippen LogP contribution < -0.4 is 5.73 Å². The molecule has 102 valence electrons. The van der Waals surface area contributed by atoms with Crippen molar-refractivity contribution >= 4 is 40.4 Å². The fourth-order valence-electron chi connectivity index (χ4n) is 1.49. The highest BCUT2D eigenvalue weighted by molar-refractivity contribution is 7.98. The number of anilines is 1. The number of rotatable bonds is 3. The zero-order chi connectivity index (χ0) is 14.0. The van der Waals surface area contributed by atoms with Gasteiger partial charge < -0.3 is 5.73 Å². The van der Waals surface area contributed by atoms with Crippen molar-refractivity contribution in [2.45, 2.75) is 36.8 Å². The summed E-state index contributed by atoms with van der Waals surface area (Å²) in [5.41, 5.74) is 7.76. The van der Waals surface area contributed by atoms with Crippen LogP contribution in [0.4, 0.5) is 5.69 Å². The highest BCUT2D eigenvalue weighted by Crippen LogP contribution is 2.33. The van der Waals surface area contributed by atoms with Gasteiger partial charge in [0.25, 0.3) is 0 Å². The van der Waals surface area contributed by atoms with E-state index < -0.39 is 0 Å². The minimum absolute atomic E-state index is 0.105. The molecule has 0 atom stereocenters. The Morgan fingerprint density at radius 2 is 2.11 bits per heavy atom. The largest absolute Gasteiger partial charge is 0.399 e. The fourth-order valence-corrected chi connectivity index (χ4v) is 3.80. The molecule has 0 fully saturated rings. The number of aromatic nitrogens is 1. The summed E-state index contributed by atoms with van der Waals surface area (Å²) in [7, 11) is 0. The zero-order valence-electron chi connectivity index (χ0n) is 11.2. The van der Waals surface area contributed by atoms with E-state index in [0.717, 1.165) is 32.1 Å². The van der Waals surface area contributed by atoms with Gasteiger partial charge in [0, 0.05) is 21.4 Å². The Morgan fingerprint density at radius 1 is 1.37 bits per heavy atom. The highest BCUT2D eigenvalue weighted by Gasteiger charge is 2.17. The first-order chi connectivity index (χ1) is 8.86. The molecule has 0 bridgehead atoms. The summed E-state index contributed by atoms with van der Waals surface area (Å²) < 4.78 is 0. The fraction of sp³-hybridized carbons (Fsp3) is 0.357. The first kappa shape index (κ1) is 14.7. The van der Waals surface area contributed by atoms with Crippen LogP contribution in [0.2, 0.25) is 5.02 Å². The van der Waals surface area contributed by atoms with Crippen molar-refractivity contribution < 1.29 is 0 Å². The molecule has 1 aromatic carbocycles. The van der Waals surface area contributed by atoms with Crippen molar-refractivity contribution in [1.29, 1.82) is 0 Å². The van der Waals surface area contributed by atoms with Crippen LogP contribution in [0.15, 0.2) is 28.5 Å². The van der Waals surface area contributed by atoms with Gasteiger partial charge in [0.2, 0.25) is 0 Å². The molecule has 0 amide bonds. The molecule has 0 aliphatic heterocycles. The molecule has 2 N–H and O–H groups in total. The van der Waals surface area contributed by atoms with Crippen LogP contribution in [-0.4, -0.2) is 4.98 Å². The third kappa shape index (κ3) is 3.88. The maximum Gasteiger partial charge on any atom is 0.103 e. The number of thioether (sulfide) groups is 1. The molecule has 1 aromatic heterocycles. The summed E-state index contributed by atoms with van der Waals surface area (Å²) in [5.74, 6) is 0.823. The third-order valence-corrected chi connectivity index (χ3v) is 5.17. The van der Waals surface area contributed by atoms with Gasteiger partial charge in [0.1, 0.15) is 5.01 Å². The van der Waals surface area contributed by atoms with Crippen molar-refractivity contribution in [3.8, 4) is 0 Å². The van der Waals surface area contributed by atoms with E-state index in [2.05, 4.69) is 31.1 Å². The molecule has 0 aliphatic carbocycles. The molecular formula is C14H17ClN2S2. The number of nitrogen functional groups attached to an aromatic ring is 1. The monoisotopic (exact) mass is 312 g/mol. The quantitative estimate of drug-likeness (QED) is 0.642. The second-order valence-electron chi connectivity index (χ2n) is 5.36. The molecule has 2 aromatic rings. The molecule has 0 saturated carbocycles. The SMILES string of the molecule is CC(C)(C)c1csc(CSc2cc(N)ccc2Cl)n1. The predicted octanol–water partition coefficient (Wildman–Crippen LogP) is 4.97. The van der Waals surface area contributed by atoms with Gasteiger partial charge in [-0.2, -0.15) is 0 Å². The van der Waals surface area contributed by atoms with Gasteiger partial charge in [-0.05, 0) is 18.2 Å². The third-order valence-electron chi connectivity index (χ3n) is 2.63. The topological polar surface area (TPSA) is 38.9 Å². The van der Waals surface area contributed by atoms with Crippen molar-refractivity contribution in [2.24, 2.45) is 0 Å².